The Morgan fingerprint density at radius 1 is 1.31 bits per heavy atom. The first kappa shape index (κ1) is 20.2. The molecule has 5 nitrogen and oxygen atoms in total. The zero-order valence-corrected chi connectivity index (χ0v) is 14.9. The van der Waals surface area contributed by atoms with Gasteiger partial charge in [0.15, 0.2) is 0 Å². The largest absolute Gasteiger partial charge is 0.405 e. The van der Waals surface area contributed by atoms with Gasteiger partial charge in [0.2, 0.25) is 0 Å². The first-order chi connectivity index (χ1) is 12.1. The number of carbonyl (C=O) groups is 2. The Kier molecular flexibility index (Phi) is 6.28. The molecule has 1 aromatic rings. The van der Waals surface area contributed by atoms with E-state index in [4.69, 9.17) is 4.74 Å². The minimum absolute atomic E-state index is 0.0444. The van der Waals surface area contributed by atoms with Gasteiger partial charge in [-0.1, -0.05) is 19.9 Å². The first-order valence-electron chi connectivity index (χ1n) is 8.46. The normalized spacial score (nSPS) is 20.3. The molecule has 0 radical (unpaired) electrons. The molecule has 0 bridgehead atoms. The van der Waals surface area contributed by atoms with Crippen LogP contribution >= 0.6 is 0 Å². The Morgan fingerprint density at radius 2 is 2.00 bits per heavy atom. The number of alkyl halides is 3. The van der Waals surface area contributed by atoms with Crippen LogP contribution in [0.2, 0.25) is 0 Å². The van der Waals surface area contributed by atoms with Gasteiger partial charge in [-0.05, 0) is 42.9 Å². The molecular weight excluding hydrogens is 349 g/mol. The molecule has 8 heteroatoms. The molecule has 2 atom stereocenters. The third-order valence-electron chi connectivity index (χ3n) is 4.46. The minimum atomic E-state index is -4.48. The second kappa shape index (κ2) is 8.07. The van der Waals surface area contributed by atoms with Gasteiger partial charge in [-0.25, -0.2) is 0 Å². The maximum Gasteiger partial charge on any atom is 0.405 e. The number of nitrogens with one attached hydrogen (secondary N) is 2. The topological polar surface area (TPSA) is 67.4 Å². The van der Waals surface area contributed by atoms with E-state index in [0.717, 1.165) is 6.42 Å². The molecule has 1 heterocycles. The molecule has 1 aromatic carbocycles. The molecule has 1 saturated heterocycles. The van der Waals surface area contributed by atoms with Gasteiger partial charge in [0.1, 0.15) is 12.6 Å². The van der Waals surface area contributed by atoms with Gasteiger partial charge in [0.05, 0.1) is 0 Å². The zero-order chi connectivity index (χ0) is 19.5. The zero-order valence-electron chi connectivity index (χ0n) is 14.9. The molecule has 0 aliphatic carbocycles. The van der Waals surface area contributed by atoms with Crippen LogP contribution in [0.5, 0.6) is 0 Å². The SMILES string of the molecule is Cc1ccc(C(=O)NCC(F)(F)F)cc1NC(=O)[C@@H]1OCC[C@@H]1C(C)C. The van der Waals surface area contributed by atoms with Crippen molar-refractivity contribution in [2.24, 2.45) is 11.8 Å². The number of halogens is 3. The molecule has 1 aliphatic heterocycles. The van der Waals surface area contributed by atoms with Crippen molar-refractivity contribution in [1.82, 2.24) is 5.32 Å². The number of rotatable bonds is 5. The number of amides is 2. The second-order valence-corrected chi connectivity index (χ2v) is 6.80. The van der Waals surface area contributed by atoms with Gasteiger partial charge < -0.3 is 15.4 Å². The van der Waals surface area contributed by atoms with E-state index < -0.39 is 24.7 Å². The molecule has 2 rings (SSSR count). The van der Waals surface area contributed by atoms with E-state index >= 15 is 0 Å². The van der Waals surface area contributed by atoms with Crippen molar-refractivity contribution in [2.45, 2.75) is 39.5 Å². The lowest BCUT2D eigenvalue weighted by atomic mass is 9.89. The van der Waals surface area contributed by atoms with E-state index in [2.05, 4.69) is 5.32 Å². The smallest absolute Gasteiger partial charge is 0.368 e. The van der Waals surface area contributed by atoms with Crippen LogP contribution < -0.4 is 10.6 Å². The number of hydrogen-bond acceptors (Lipinski definition) is 3. The summed E-state index contributed by atoms with van der Waals surface area (Å²) in [4.78, 5) is 24.4. The van der Waals surface area contributed by atoms with Gasteiger partial charge in [0.25, 0.3) is 11.8 Å². The Balaban J connectivity index is 2.09. The maximum atomic E-state index is 12.5. The molecule has 144 valence electrons. The fraction of sp³-hybridized carbons (Fsp3) is 0.556. The number of carbonyl (C=O) groups excluding carboxylic acids is 2. The summed E-state index contributed by atoms with van der Waals surface area (Å²) < 4.78 is 42.2. The summed E-state index contributed by atoms with van der Waals surface area (Å²) in [7, 11) is 0. The lowest BCUT2D eigenvalue weighted by Gasteiger charge is -2.21. The van der Waals surface area contributed by atoms with Crippen molar-refractivity contribution in [3.8, 4) is 0 Å². The molecular formula is C18H23F3N2O3. The van der Waals surface area contributed by atoms with Gasteiger partial charge in [-0.3, -0.25) is 9.59 Å². The highest BCUT2D eigenvalue weighted by Crippen LogP contribution is 2.29. The molecule has 0 spiro atoms. The number of benzene rings is 1. The van der Waals surface area contributed by atoms with Crippen LogP contribution in [0, 0.1) is 18.8 Å². The molecule has 0 saturated carbocycles. The van der Waals surface area contributed by atoms with Gasteiger partial charge in [-0.15, -0.1) is 0 Å². The summed E-state index contributed by atoms with van der Waals surface area (Å²) in [5.41, 5.74) is 1.13. The molecule has 0 unspecified atom stereocenters. The molecule has 1 aliphatic rings. The highest BCUT2D eigenvalue weighted by molar-refractivity contribution is 5.99. The van der Waals surface area contributed by atoms with E-state index in [1.54, 1.807) is 13.0 Å². The quantitative estimate of drug-likeness (QED) is 0.834. The standard InChI is InChI=1S/C18H23F3N2O3/c1-10(2)13-6-7-26-15(13)17(25)23-14-8-12(5-4-11(14)3)16(24)22-9-18(19,20)21/h4-5,8,10,13,15H,6-7,9H2,1-3H3,(H,22,24)(H,23,25)/t13-,15-/m1/s1. The van der Waals surface area contributed by atoms with E-state index in [0.29, 0.717) is 17.9 Å². The number of aryl methyl sites for hydroxylation is 1. The van der Waals surface area contributed by atoms with E-state index in [1.807, 2.05) is 19.2 Å². The van der Waals surface area contributed by atoms with Crippen molar-refractivity contribution in [3.05, 3.63) is 29.3 Å². The van der Waals surface area contributed by atoms with Crippen molar-refractivity contribution in [3.63, 3.8) is 0 Å². The van der Waals surface area contributed by atoms with Crippen molar-refractivity contribution in [2.75, 3.05) is 18.5 Å². The van der Waals surface area contributed by atoms with Crippen LogP contribution in [0.15, 0.2) is 18.2 Å². The Labute approximate surface area is 150 Å². The van der Waals surface area contributed by atoms with Gasteiger partial charge in [0, 0.05) is 17.9 Å². The fourth-order valence-electron chi connectivity index (χ4n) is 2.94. The number of anilines is 1. The highest BCUT2D eigenvalue weighted by Gasteiger charge is 2.36. The average Bonchev–Trinajstić information content (AvgIpc) is 3.04. The molecule has 0 aromatic heterocycles. The summed E-state index contributed by atoms with van der Waals surface area (Å²) in [6.07, 6.45) is -4.25. The number of hydrogen-bond donors (Lipinski definition) is 2. The summed E-state index contributed by atoms with van der Waals surface area (Å²) >= 11 is 0. The molecule has 2 N–H and O–H groups in total. The lowest BCUT2D eigenvalue weighted by molar-refractivity contribution is -0.127. The predicted molar refractivity (Wildman–Crippen MR) is 90.9 cm³/mol. The third kappa shape index (κ3) is 5.20. The van der Waals surface area contributed by atoms with Crippen LogP contribution in [-0.4, -0.2) is 37.2 Å². The van der Waals surface area contributed by atoms with Crippen LogP contribution in [-0.2, 0) is 9.53 Å². The number of ether oxygens (including phenoxy) is 1. The molecule has 2 amide bonds. The molecule has 26 heavy (non-hydrogen) atoms. The second-order valence-electron chi connectivity index (χ2n) is 6.80. The van der Waals surface area contributed by atoms with E-state index in [-0.39, 0.29) is 23.3 Å². The summed E-state index contributed by atoms with van der Waals surface area (Å²) in [5.74, 6) is -0.769. The van der Waals surface area contributed by atoms with E-state index in [1.165, 1.54) is 12.1 Å². The van der Waals surface area contributed by atoms with Crippen molar-refractivity contribution in [1.29, 1.82) is 0 Å². The highest BCUT2D eigenvalue weighted by atomic mass is 19.4. The summed E-state index contributed by atoms with van der Waals surface area (Å²) in [6, 6.07) is 4.37. The first-order valence-corrected chi connectivity index (χ1v) is 8.46. The summed E-state index contributed by atoms with van der Waals surface area (Å²) in [6.45, 7) is 4.89. The Hall–Kier alpha value is -2.09. The molecule has 1 fully saturated rings. The van der Waals surface area contributed by atoms with Crippen LogP contribution in [0.1, 0.15) is 36.2 Å². The van der Waals surface area contributed by atoms with Gasteiger partial charge >= 0.3 is 6.18 Å². The van der Waals surface area contributed by atoms with Gasteiger partial charge in [-0.2, -0.15) is 13.2 Å². The minimum Gasteiger partial charge on any atom is -0.368 e. The van der Waals surface area contributed by atoms with E-state index in [9.17, 15) is 22.8 Å². The maximum absolute atomic E-state index is 12.5. The van der Waals surface area contributed by atoms with Crippen LogP contribution in [0.3, 0.4) is 0 Å². The monoisotopic (exact) mass is 372 g/mol. The van der Waals surface area contributed by atoms with Crippen molar-refractivity contribution >= 4 is 17.5 Å². The lowest BCUT2D eigenvalue weighted by Crippen LogP contribution is -2.35. The Bertz CT molecular complexity index is 674. The predicted octanol–water partition coefficient (Wildman–Crippen LogP) is 3.29. The third-order valence-corrected chi connectivity index (χ3v) is 4.46. The summed E-state index contributed by atoms with van der Waals surface area (Å²) in [5, 5.41) is 4.55. The average molecular weight is 372 g/mol. The van der Waals surface area contributed by atoms with Crippen LogP contribution in [0.4, 0.5) is 18.9 Å². The van der Waals surface area contributed by atoms with Crippen LogP contribution in [0.25, 0.3) is 0 Å². The van der Waals surface area contributed by atoms with Crippen molar-refractivity contribution < 1.29 is 27.5 Å². The fourth-order valence-corrected chi connectivity index (χ4v) is 2.94. The Morgan fingerprint density at radius 3 is 2.62 bits per heavy atom.